The Morgan fingerprint density at radius 2 is 2.33 bits per heavy atom. The Kier molecular flexibility index (Phi) is 5.09. The van der Waals surface area contributed by atoms with Gasteiger partial charge in [0, 0.05) is 6.04 Å². The van der Waals surface area contributed by atoms with Gasteiger partial charge in [0.2, 0.25) is 0 Å². The molecule has 0 spiro atoms. The zero-order chi connectivity index (χ0) is 11.3. The summed E-state index contributed by atoms with van der Waals surface area (Å²) in [6, 6.07) is 0.526. The fourth-order valence-corrected chi connectivity index (χ4v) is 2.37. The van der Waals surface area contributed by atoms with Crippen molar-refractivity contribution in [2.45, 2.75) is 58.0 Å². The molecule has 0 saturated carbocycles. The van der Waals surface area contributed by atoms with Gasteiger partial charge in [-0.25, -0.2) is 0 Å². The van der Waals surface area contributed by atoms with Gasteiger partial charge in [-0.05, 0) is 32.7 Å². The van der Waals surface area contributed by atoms with Crippen molar-refractivity contribution < 1.29 is 9.53 Å². The van der Waals surface area contributed by atoms with E-state index in [-0.39, 0.29) is 12.0 Å². The molecule has 3 heteroatoms. The highest BCUT2D eigenvalue weighted by atomic mass is 16.5. The van der Waals surface area contributed by atoms with Gasteiger partial charge in [0.25, 0.3) is 0 Å². The molecule has 88 valence electrons. The Hall–Kier alpha value is -0.570. The molecule has 1 aliphatic rings. The number of likely N-dealkylation sites (tertiary alicyclic amines) is 1. The van der Waals surface area contributed by atoms with Crippen molar-refractivity contribution in [3.63, 3.8) is 0 Å². The van der Waals surface area contributed by atoms with Crippen LogP contribution in [-0.2, 0) is 9.53 Å². The highest BCUT2D eigenvalue weighted by Crippen LogP contribution is 2.22. The van der Waals surface area contributed by atoms with Crippen molar-refractivity contribution in [2.24, 2.45) is 0 Å². The topological polar surface area (TPSA) is 29.5 Å². The van der Waals surface area contributed by atoms with Crippen molar-refractivity contribution >= 4 is 5.97 Å². The predicted molar refractivity (Wildman–Crippen MR) is 60.7 cm³/mol. The highest BCUT2D eigenvalue weighted by molar-refractivity contribution is 5.75. The molecule has 0 N–H and O–H groups in total. The third-order valence-electron chi connectivity index (χ3n) is 3.31. The maximum absolute atomic E-state index is 11.7. The van der Waals surface area contributed by atoms with Gasteiger partial charge in [-0.2, -0.15) is 0 Å². The molecule has 1 heterocycles. The molecule has 1 fully saturated rings. The Bertz CT molecular complexity index is 206. The normalized spacial score (nSPS) is 24.1. The van der Waals surface area contributed by atoms with Crippen LogP contribution in [0.2, 0.25) is 0 Å². The third kappa shape index (κ3) is 3.20. The summed E-state index contributed by atoms with van der Waals surface area (Å²) >= 11 is 0. The number of hydrogen-bond acceptors (Lipinski definition) is 3. The molecule has 0 aromatic carbocycles. The molecular weight excluding hydrogens is 190 g/mol. The molecule has 1 rings (SSSR count). The molecule has 0 amide bonds. The van der Waals surface area contributed by atoms with E-state index < -0.39 is 0 Å². The lowest BCUT2D eigenvalue weighted by molar-refractivity contribution is -0.147. The lowest BCUT2D eigenvalue weighted by Crippen LogP contribution is -2.43. The molecule has 1 aliphatic heterocycles. The zero-order valence-electron chi connectivity index (χ0n) is 10.2. The van der Waals surface area contributed by atoms with E-state index in [4.69, 9.17) is 4.74 Å². The van der Waals surface area contributed by atoms with Crippen LogP contribution >= 0.6 is 0 Å². The summed E-state index contributed by atoms with van der Waals surface area (Å²) in [7, 11) is 1.49. The van der Waals surface area contributed by atoms with Crippen LogP contribution in [0.1, 0.15) is 46.0 Å². The summed E-state index contributed by atoms with van der Waals surface area (Å²) in [6.07, 6.45) is 5.59. The molecule has 0 aromatic rings. The van der Waals surface area contributed by atoms with E-state index in [0.29, 0.717) is 6.04 Å². The summed E-state index contributed by atoms with van der Waals surface area (Å²) in [6.45, 7) is 5.40. The standard InChI is InChI=1S/C12H23NO2/c1-4-5-8-11(12(14)15-3)13-9-6-7-10(13)2/h10-11H,4-9H2,1-3H3. The van der Waals surface area contributed by atoms with Crippen LogP contribution < -0.4 is 0 Å². The van der Waals surface area contributed by atoms with E-state index in [2.05, 4.69) is 18.7 Å². The van der Waals surface area contributed by atoms with Crippen LogP contribution in [0, 0.1) is 0 Å². The number of rotatable bonds is 5. The molecule has 3 nitrogen and oxygen atoms in total. The Balaban J connectivity index is 2.57. The Morgan fingerprint density at radius 3 is 2.80 bits per heavy atom. The molecule has 2 atom stereocenters. The molecule has 0 aromatic heterocycles. The molecular formula is C12H23NO2. The van der Waals surface area contributed by atoms with Crippen molar-refractivity contribution in [2.75, 3.05) is 13.7 Å². The maximum Gasteiger partial charge on any atom is 0.323 e. The van der Waals surface area contributed by atoms with Crippen LogP contribution in [0.25, 0.3) is 0 Å². The van der Waals surface area contributed by atoms with Crippen LogP contribution in [0.15, 0.2) is 0 Å². The van der Waals surface area contributed by atoms with Gasteiger partial charge in [0.1, 0.15) is 6.04 Å². The van der Waals surface area contributed by atoms with Crippen LogP contribution in [0.3, 0.4) is 0 Å². The van der Waals surface area contributed by atoms with Crippen LogP contribution in [-0.4, -0.2) is 36.6 Å². The highest BCUT2D eigenvalue weighted by Gasteiger charge is 2.32. The van der Waals surface area contributed by atoms with E-state index in [1.54, 1.807) is 0 Å². The minimum atomic E-state index is -0.0581. The van der Waals surface area contributed by atoms with E-state index >= 15 is 0 Å². The summed E-state index contributed by atoms with van der Waals surface area (Å²) in [4.78, 5) is 14.0. The number of unbranched alkanes of at least 4 members (excludes halogenated alkanes) is 1. The Labute approximate surface area is 92.8 Å². The van der Waals surface area contributed by atoms with Gasteiger partial charge in [-0.3, -0.25) is 9.69 Å². The first-order valence-electron chi connectivity index (χ1n) is 6.04. The maximum atomic E-state index is 11.7. The second-order valence-electron chi connectivity index (χ2n) is 4.41. The number of ether oxygens (including phenoxy) is 1. The fraction of sp³-hybridized carbons (Fsp3) is 0.917. The first-order chi connectivity index (χ1) is 7.20. The van der Waals surface area contributed by atoms with E-state index in [1.165, 1.54) is 20.0 Å². The van der Waals surface area contributed by atoms with Gasteiger partial charge in [-0.1, -0.05) is 19.8 Å². The first kappa shape index (κ1) is 12.5. The SMILES string of the molecule is CCCCC(C(=O)OC)N1CCCC1C. The minimum absolute atomic E-state index is 0.00699. The lowest BCUT2D eigenvalue weighted by Gasteiger charge is -2.29. The van der Waals surface area contributed by atoms with Crippen molar-refractivity contribution in [1.82, 2.24) is 4.90 Å². The minimum Gasteiger partial charge on any atom is -0.468 e. The first-order valence-corrected chi connectivity index (χ1v) is 6.04. The van der Waals surface area contributed by atoms with E-state index in [9.17, 15) is 4.79 Å². The molecule has 0 radical (unpaired) electrons. The predicted octanol–water partition coefficient (Wildman–Crippen LogP) is 2.20. The molecule has 2 unspecified atom stereocenters. The van der Waals surface area contributed by atoms with Crippen molar-refractivity contribution in [3.05, 3.63) is 0 Å². The second kappa shape index (κ2) is 6.11. The number of esters is 1. The van der Waals surface area contributed by atoms with Crippen LogP contribution in [0.4, 0.5) is 0 Å². The number of carbonyl (C=O) groups is 1. The zero-order valence-corrected chi connectivity index (χ0v) is 10.2. The average molecular weight is 213 g/mol. The molecule has 15 heavy (non-hydrogen) atoms. The quantitative estimate of drug-likeness (QED) is 0.656. The third-order valence-corrected chi connectivity index (χ3v) is 3.31. The van der Waals surface area contributed by atoms with E-state index in [0.717, 1.165) is 25.8 Å². The summed E-state index contributed by atoms with van der Waals surface area (Å²) in [5.74, 6) is -0.0581. The van der Waals surface area contributed by atoms with Gasteiger partial charge < -0.3 is 4.74 Å². The number of carbonyl (C=O) groups excluding carboxylic acids is 1. The molecule has 1 saturated heterocycles. The van der Waals surface area contributed by atoms with Crippen LogP contribution in [0.5, 0.6) is 0 Å². The number of methoxy groups -OCH3 is 1. The smallest absolute Gasteiger partial charge is 0.323 e. The van der Waals surface area contributed by atoms with Gasteiger partial charge in [-0.15, -0.1) is 0 Å². The van der Waals surface area contributed by atoms with Crippen molar-refractivity contribution in [3.8, 4) is 0 Å². The van der Waals surface area contributed by atoms with Gasteiger partial charge in [0.15, 0.2) is 0 Å². The number of nitrogens with zero attached hydrogens (tertiary/aromatic N) is 1. The monoisotopic (exact) mass is 213 g/mol. The number of hydrogen-bond donors (Lipinski definition) is 0. The molecule has 0 bridgehead atoms. The van der Waals surface area contributed by atoms with Gasteiger partial charge in [0.05, 0.1) is 7.11 Å². The average Bonchev–Trinajstić information content (AvgIpc) is 2.65. The second-order valence-corrected chi connectivity index (χ2v) is 4.41. The van der Waals surface area contributed by atoms with Crippen molar-refractivity contribution in [1.29, 1.82) is 0 Å². The van der Waals surface area contributed by atoms with Gasteiger partial charge >= 0.3 is 5.97 Å². The summed E-state index contributed by atoms with van der Waals surface area (Å²) < 4.78 is 4.89. The Morgan fingerprint density at radius 1 is 1.60 bits per heavy atom. The van der Waals surface area contributed by atoms with E-state index in [1.807, 2.05) is 0 Å². The largest absolute Gasteiger partial charge is 0.468 e. The summed E-state index contributed by atoms with van der Waals surface area (Å²) in [5.41, 5.74) is 0. The summed E-state index contributed by atoms with van der Waals surface area (Å²) in [5, 5.41) is 0. The lowest BCUT2D eigenvalue weighted by atomic mass is 10.1. The fourth-order valence-electron chi connectivity index (χ4n) is 2.37. The molecule has 0 aliphatic carbocycles.